The van der Waals surface area contributed by atoms with Gasteiger partial charge in [0.25, 0.3) is 11.5 Å². The maximum absolute atomic E-state index is 11.8. The topological polar surface area (TPSA) is 87.7 Å². The Bertz CT molecular complexity index is 636. The third-order valence-corrected chi connectivity index (χ3v) is 2.36. The van der Waals surface area contributed by atoms with E-state index in [2.05, 4.69) is 20.3 Å². The first-order valence-electron chi connectivity index (χ1n) is 5.05. The third-order valence-electron chi connectivity index (χ3n) is 2.16. The fourth-order valence-corrected chi connectivity index (χ4v) is 1.41. The van der Waals surface area contributed by atoms with Crippen molar-refractivity contribution in [1.29, 1.82) is 0 Å². The van der Waals surface area contributed by atoms with Crippen LogP contribution in [0.5, 0.6) is 0 Å². The largest absolute Gasteiger partial charge is 0.326 e. The summed E-state index contributed by atoms with van der Waals surface area (Å²) in [5.74, 6) is -0.322. The Kier molecular flexibility index (Phi) is 3.38. The van der Waals surface area contributed by atoms with E-state index in [-0.39, 0.29) is 16.5 Å². The molecule has 0 saturated heterocycles. The normalized spacial score (nSPS) is 10.1. The molecular formula is C11H9ClN4O2. The van der Waals surface area contributed by atoms with Crippen molar-refractivity contribution in [3.8, 4) is 0 Å². The number of aryl methyl sites for hydroxylation is 1. The van der Waals surface area contributed by atoms with E-state index in [1.807, 2.05) is 0 Å². The molecule has 0 unspecified atom stereocenters. The molecular weight excluding hydrogens is 256 g/mol. The van der Waals surface area contributed by atoms with E-state index < -0.39 is 11.5 Å². The second-order valence-corrected chi connectivity index (χ2v) is 3.95. The van der Waals surface area contributed by atoms with Crippen LogP contribution in [0, 0.1) is 6.92 Å². The number of aromatic nitrogens is 3. The van der Waals surface area contributed by atoms with Gasteiger partial charge in [-0.05, 0) is 19.1 Å². The molecule has 6 nitrogen and oxygen atoms in total. The number of hydrogen-bond donors (Lipinski definition) is 2. The van der Waals surface area contributed by atoms with Gasteiger partial charge in [0.2, 0.25) is 0 Å². The minimum atomic E-state index is -0.548. The van der Waals surface area contributed by atoms with E-state index in [9.17, 15) is 9.59 Å². The highest BCUT2D eigenvalue weighted by Gasteiger charge is 2.11. The van der Waals surface area contributed by atoms with E-state index in [1.165, 1.54) is 18.5 Å². The number of pyridine rings is 1. The Morgan fingerprint density at radius 3 is 2.72 bits per heavy atom. The van der Waals surface area contributed by atoms with Crippen molar-refractivity contribution in [2.45, 2.75) is 6.92 Å². The van der Waals surface area contributed by atoms with Gasteiger partial charge in [0.15, 0.2) is 5.82 Å². The fourth-order valence-electron chi connectivity index (χ4n) is 1.31. The molecule has 92 valence electrons. The maximum Gasteiger partial charge on any atom is 0.262 e. The number of hydrogen-bond acceptors (Lipinski definition) is 4. The first-order valence-corrected chi connectivity index (χ1v) is 5.43. The summed E-state index contributed by atoms with van der Waals surface area (Å²) in [5, 5.41) is 2.68. The Labute approximate surface area is 107 Å². The van der Waals surface area contributed by atoms with Gasteiger partial charge in [-0.25, -0.2) is 9.97 Å². The molecule has 0 atom stereocenters. The van der Waals surface area contributed by atoms with Crippen LogP contribution in [0.1, 0.15) is 16.1 Å². The number of H-pyrrole nitrogens is 1. The number of amides is 1. The number of aromatic amines is 1. The molecule has 0 saturated carbocycles. The summed E-state index contributed by atoms with van der Waals surface area (Å²) >= 11 is 5.57. The molecule has 2 aromatic rings. The molecule has 0 aromatic carbocycles. The molecule has 0 radical (unpaired) electrons. The van der Waals surface area contributed by atoms with Crippen LogP contribution >= 0.6 is 11.6 Å². The zero-order valence-corrected chi connectivity index (χ0v) is 10.2. The lowest BCUT2D eigenvalue weighted by Gasteiger charge is -2.03. The summed E-state index contributed by atoms with van der Waals surface area (Å²) < 4.78 is 0. The van der Waals surface area contributed by atoms with Gasteiger partial charge in [0.05, 0.1) is 12.4 Å². The van der Waals surface area contributed by atoms with Crippen LogP contribution in [0.15, 0.2) is 29.3 Å². The molecule has 2 heterocycles. The molecule has 0 aliphatic heterocycles. The van der Waals surface area contributed by atoms with E-state index in [4.69, 9.17) is 11.6 Å². The van der Waals surface area contributed by atoms with Crippen LogP contribution in [0.2, 0.25) is 5.15 Å². The molecule has 0 aliphatic carbocycles. The van der Waals surface area contributed by atoms with Gasteiger partial charge < -0.3 is 10.3 Å². The Hall–Kier alpha value is -2.21. The highest BCUT2D eigenvalue weighted by atomic mass is 35.5. The molecule has 18 heavy (non-hydrogen) atoms. The molecule has 0 fully saturated rings. The predicted molar refractivity (Wildman–Crippen MR) is 66.8 cm³/mol. The van der Waals surface area contributed by atoms with Gasteiger partial charge in [-0.15, -0.1) is 0 Å². The summed E-state index contributed by atoms with van der Waals surface area (Å²) in [7, 11) is 0. The van der Waals surface area contributed by atoms with E-state index in [0.717, 1.165) is 0 Å². The average Bonchev–Trinajstić information content (AvgIpc) is 2.32. The summed E-state index contributed by atoms with van der Waals surface area (Å²) in [6.45, 7) is 1.73. The zero-order valence-electron chi connectivity index (χ0n) is 9.40. The highest BCUT2D eigenvalue weighted by Crippen LogP contribution is 2.06. The van der Waals surface area contributed by atoms with Crippen molar-refractivity contribution >= 4 is 23.3 Å². The minimum Gasteiger partial charge on any atom is -0.326 e. The number of nitrogens with one attached hydrogen (secondary N) is 2. The molecule has 0 bridgehead atoms. The molecule has 0 aliphatic rings. The van der Waals surface area contributed by atoms with Crippen molar-refractivity contribution in [1.82, 2.24) is 15.0 Å². The van der Waals surface area contributed by atoms with E-state index in [0.29, 0.717) is 5.69 Å². The van der Waals surface area contributed by atoms with Gasteiger partial charge >= 0.3 is 0 Å². The first kappa shape index (κ1) is 12.3. The summed E-state index contributed by atoms with van der Waals surface area (Å²) in [4.78, 5) is 33.5. The summed E-state index contributed by atoms with van der Waals surface area (Å²) in [5.41, 5.74) is 0.245. The second kappa shape index (κ2) is 4.97. The van der Waals surface area contributed by atoms with Gasteiger partial charge in [0, 0.05) is 5.69 Å². The predicted octanol–water partition coefficient (Wildman–Crippen LogP) is 1.38. The maximum atomic E-state index is 11.8. The van der Waals surface area contributed by atoms with Crippen LogP contribution < -0.4 is 10.9 Å². The number of rotatable bonds is 2. The Morgan fingerprint density at radius 2 is 2.11 bits per heavy atom. The van der Waals surface area contributed by atoms with Crippen molar-refractivity contribution < 1.29 is 4.79 Å². The monoisotopic (exact) mass is 264 g/mol. The van der Waals surface area contributed by atoms with E-state index >= 15 is 0 Å². The van der Waals surface area contributed by atoms with Crippen molar-refractivity contribution in [3.63, 3.8) is 0 Å². The molecule has 0 spiro atoms. The molecule has 1 amide bonds. The van der Waals surface area contributed by atoms with Gasteiger partial charge in [-0.3, -0.25) is 9.59 Å². The number of halogens is 1. The first-order chi connectivity index (χ1) is 8.56. The van der Waals surface area contributed by atoms with Gasteiger partial charge in [-0.2, -0.15) is 0 Å². The molecule has 2 N–H and O–H groups in total. The van der Waals surface area contributed by atoms with Crippen LogP contribution in [0.25, 0.3) is 0 Å². The fraction of sp³-hybridized carbons (Fsp3) is 0.0909. The van der Waals surface area contributed by atoms with Gasteiger partial charge in [0.1, 0.15) is 10.7 Å². The van der Waals surface area contributed by atoms with Crippen LogP contribution in [-0.2, 0) is 0 Å². The number of carbonyl (C=O) groups excluding carboxylic acids is 1. The average molecular weight is 265 g/mol. The highest BCUT2D eigenvalue weighted by molar-refractivity contribution is 6.29. The van der Waals surface area contributed by atoms with Crippen LogP contribution in [-0.4, -0.2) is 20.9 Å². The smallest absolute Gasteiger partial charge is 0.262 e. The molecule has 2 aromatic heterocycles. The van der Waals surface area contributed by atoms with Crippen LogP contribution in [0.4, 0.5) is 5.82 Å². The zero-order chi connectivity index (χ0) is 13.1. The Morgan fingerprint density at radius 1 is 1.33 bits per heavy atom. The standard InChI is InChI=1S/C11H9ClN4O2/c1-6-2-3-7(10(17)15-6)11(18)16-9-5-13-8(12)4-14-9/h2-5H,1H3,(H,15,17)(H,14,16,18). The van der Waals surface area contributed by atoms with Crippen LogP contribution in [0.3, 0.4) is 0 Å². The lowest BCUT2D eigenvalue weighted by atomic mass is 10.2. The second-order valence-electron chi connectivity index (χ2n) is 3.56. The SMILES string of the molecule is Cc1ccc(C(=O)Nc2cnc(Cl)cn2)c(=O)[nH]1. The van der Waals surface area contributed by atoms with Gasteiger partial charge in [-0.1, -0.05) is 11.6 Å². The third kappa shape index (κ3) is 2.72. The Balaban J connectivity index is 2.22. The van der Waals surface area contributed by atoms with Crippen molar-refractivity contribution in [2.75, 3.05) is 5.32 Å². The lowest BCUT2D eigenvalue weighted by Crippen LogP contribution is -2.23. The number of nitrogens with zero attached hydrogens (tertiary/aromatic N) is 2. The molecule has 7 heteroatoms. The molecule has 2 rings (SSSR count). The number of anilines is 1. The van der Waals surface area contributed by atoms with Crippen molar-refractivity contribution in [2.24, 2.45) is 0 Å². The minimum absolute atomic E-state index is 0.0114. The lowest BCUT2D eigenvalue weighted by molar-refractivity contribution is 0.102. The quantitative estimate of drug-likeness (QED) is 0.858. The number of carbonyl (C=O) groups is 1. The summed E-state index contributed by atoms with van der Waals surface area (Å²) in [6.07, 6.45) is 2.61. The van der Waals surface area contributed by atoms with E-state index in [1.54, 1.807) is 13.0 Å². The summed E-state index contributed by atoms with van der Waals surface area (Å²) in [6, 6.07) is 3.09. The van der Waals surface area contributed by atoms with Crippen molar-refractivity contribution in [3.05, 3.63) is 51.3 Å².